The summed E-state index contributed by atoms with van der Waals surface area (Å²) in [5.41, 5.74) is 0.443. The van der Waals surface area contributed by atoms with E-state index < -0.39 is 0 Å². The van der Waals surface area contributed by atoms with Gasteiger partial charge in [-0.1, -0.05) is 40.5 Å². The van der Waals surface area contributed by atoms with Gasteiger partial charge in [-0.05, 0) is 42.4 Å². The minimum atomic E-state index is 0.443. The Kier molecular flexibility index (Phi) is 3.63. The molecule has 0 aromatic carbocycles. The van der Waals surface area contributed by atoms with Crippen LogP contribution in [0.5, 0.6) is 0 Å². The number of hydrogen-bond donors (Lipinski definition) is 0. The van der Waals surface area contributed by atoms with Gasteiger partial charge in [0.1, 0.15) is 0 Å². The zero-order valence-corrected chi connectivity index (χ0v) is 11.5. The summed E-state index contributed by atoms with van der Waals surface area (Å²) >= 11 is 0. The predicted molar refractivity (Wildman–Crippen MR) is 68.4 cm³/mol. The van der Waals surface area contributed by atoms with Crippen molar-refractivity contribution in [2.45, 2.75) is 65.9 Å². The Labute approximate surface area is 101 Å². The molecule has 2 atom stereocenters. The molecule has 1 aliphatic carbocycles. The fraction of sp³-hybridized carbons (Fsp3) is 1.00. The van der Waals surface area contributed by atoms with Crippen LogP contribution in [-0.2, 0) is 4.74 Å². The molecule has 1 saturated carbocycles. The molecule has 94 valence electrons. The van der Waals surface area contributed by atoms with Gasteiger partial charge in [0.25, 0.3) is 0 Å². The van der Waals surface area contributed by atoms with Crippen LogP contribution in [0.2, 0.25) is 0 Å². The Morgan fingerprint density at radius 1 is 1.00 bits per heavy atom. The van der Waals surface area contributed by atoms with Gasteiger partial charge < -0.3 is 4.74 Å². The van der Waals surface area contributed by atoms with E-state index in [0.717, 1.165) is 24.4 Å². The highest BCUT2D eigenvalue weighted by Crippen LogP contribution is 2.49. The van der Waals surface area contributed by atoms with Gasteiger partial charge >= 0.3 is 0 Å². The molecule has 1 aliphatic heterocycles. The van der Waals surface area contributed by atoms with Gasteiger partial charge in [0.2, 0.25) is 0 Å². The predicted octanol–water partition coefficient (Wildman–Crippen LogP) is 4.26. The van der Waals surface area contributed by atoms with E-state index in [1.165, 1.54) is 32.1 Å². The lowest BCUT2D eigenvalue weighted by Gasteiger charge is -2.51. The smallest absolute Gasteiger partial charge is 0.0603 e. The average molecular weight is 224 g/mol. The van der Waals surface area contributed by atoms with E-state index in [1.807, 2.05) is 0 Å². The van der Waals surface area contributed by atoms with Crippen molar-refractivity contribution in [1.82, 2.24) is 0 Å². The zero-order chi connectivity index (χ0) is 11.8. The van der Waals surface area contributed by atoms with Crippen molar-refractivity contribution >= 4 is 0 Å². The number of hydrogen-bond acceptors (Lipinski definition) is 1. The molecule has 0 spiro atoms. The summed E-state index contributed by atoms with van der Waals surface area (Å²) in [6.45, 7) is 10.5. The molecule has 1 heteroatoms. The maximum atomic E-state index is 6.22. The van der Waals surface area contributed by atoms with E-state index in [0.29, 0.717) is 11.5 Å². The van der Waals surface area contributed by atoms with Crippen molar-refractivity contribution in [3.8, 4) is 0 Å². The Bertz CT molecular complexity index is 224. The zero-order valence-electron chi connectivity index (χ0n) is 11.5. The van der Waals surface area contributed by atoms with Crippen LogP contribution >= 0.6 is 0 Å². The molecule has 0 radical (unpaired) electrons. The van der Waals surface area contributed by atoms with Crippen LogP contribution in [0.15, 0.2) is 0 Å². The summed E-state index contributed by atoms with van der Waals surface area (Å²) < 4.78 is 6.22. The lowest BCUT2D eigenvalue weighted by molar-refractivity contribution is -0.146. The fourth-order valence-corrected chi connectivity index (χ4v) is 3.91. The SMILES string of the molecule is CC(C)C1(C(C)C)COC2CCCCC2C1. The number of fused-ring (bicyclic) bond motifs is 1. The first-order chi connectivity index (χ1) is 7.56. The van der Waals surface area contributed by atoms with E-state index in [4.69, 9.17) is 4.74 Å². The Morgan fingerprint density at radius 2 is 1.62 bits per heavy atom. The quantitative estimate of drug-likeness (QED) is 0.681. The molecule has 2 aliphatic rings. The van der Waals surface area contributed by atoms with Crippen molar-refractivity contribution < 1.29 is 4.74 Å². The molecule has 0 aromatic rings. The third kappa shape index (κ3) is 2.03. The second-order valence-electron chi connectivity index (χ2n) is 6.64. The largest absolute Gasteiger partial charge is 0.377 e. The van der Waals surface area contributed by atoms with Gasteiger partial charge in [-0.25, -0.2) is 0 Å². The van der Waals surface area contributed by atoms with E-state index >= 15 is 0 Å². The van der Waals surface area contributed by atoms with Gasteiger partial charge in [0, 0.05) is 0 Å². The fourth-order valence-electron chi connectivity index (χ4n) is 3.91. The maximum Gasteiger partial charge on any atom is 0.0603 e. The third-order valence-electron chi connectivity index (χ3n) is 5.35. The summed E-state index contributed by atoms with van der Waals surface area (Å²) in [4.78, 5) is 0. The Morgan fingerprint density at radius 3 is 2.25 bits per heavy atom. The second-order valence-corrected chi connectivity index (χ2v) is 6.64. The van der Waals surface area contributed by atoms with Crippen molar-refractivity contribution in [3.05, 3.63) is 0 Å². The van der Waals surface area contributed by atoms with Crippen molar-refractivity contribution in [1.29, 1.82) is 0 Å². The highest BCUT2D eigenvalue weighted by Gasteiger charge is 2.45. The molecule has 1 nitrogen and oxygen atoms in total. The minimum Gasteiger partial charge on any atom is -0.377 e. The van der Waals surface area contributed by atoms with Crippen LogP contribution in [0.1, 0.15) is 59.8 Å². The summed E-state index contributed by atoms with van der Waals surface area (Å²) in [5.74, 6) is 2.35. The molecule has 2 rings (SSSR count). The second kappa shape index (κ2) is 4.68. The topological polar surface area (TPSA) is 9.23 Å². The van der Waals surface area contributed by atoms with Crippen LogP contribution < -0.4 is 0 Å². The van der Waals surface area contributed by atoms with Crippen molar-refractivity contribution in [2.75, 3.05) is 6.61 Å². The molecule has 1 saturated heterocycles. The van der Waals surface area contributed by atoms with E-state index in [9.17, 15) is 0 Å². The molecule has 0 amide bonds. The molecule has 2 fully saturated rings. The van der Waals surface area contributed by atoms with Crippen LogP contribution in [-0.4, -0.2) is 12.7 Å². The molecule has 1 heterocycles. The van der Waals surface area contributed by atoms with Gasteiger partial charge in [-0.2, -0.15) is 0 Å². The lowest BCUT2D eigenvalue weighted by atomic mass is 9.61. The minimum absolute atomic E-state index is 0.443. The summed E-state index contributed by atoms with van der Waals surface area (Å²) in [5, 5.41) is 0. The molecule has 16 heavy (non-hydrogen) atoms. The van der Waals surface area contributed by atoms with Crippen LogP contribution in [0.3, 0.4) is 0 Å². The lowest BCUT2D eigenvalue weighted by Crippen LogP contribution is -2.48. The Hall–Kier alpha value is -0.0400. The summed E-state index contributed by atoms with van der Waals surface area (Å²) in [6, 6.07) is 0. The average Bonchev–Trinajstić information content (AvgIpc) is 2.27. The molecule has 2 unspecified atom stereocenters. The van der Waals surface area contributed by atoms with Gasteiger partial charge in [-0.15, -0.1) is 0 Å². The summed E-state index contributed by atoms with van der Waals surface area (Å²) in [6.07, 6.45) is 7.55. The number of ether oxygens (including phenoxy) is 1. The molecular weight excluding hydrogens is 196 g/mol. The molecule has 0 bridgehead atoms. The van der Waals surface area contributed by atoms with Crippen LogP contribution in [0.4, 0.5) is 0 Å². The Balaban J connectivity index is 2.12. The van der Waals surface area contributed by atoms with E-state index in [-0.39, 0.29) is 0 Å². The van der Waals surface area contributed by atoms with Gasteiger partial charge in [-0.3, -0.25) is 0 Å². The van der Waals surface area contributed by atoms with E-state index in [1.54, 1.807) is 0 Å². The van der Waals surface area contributed by atoms with Crippen LogP contribution in [0, 0.1) is 23.2 Å². The number of rotatable bonds is 2. The first-order valence-corrected chi connectivity index (χ1v) is 7.18. The highest BCUT2D eigenvalue weighted by atomic mass is 16.5. The molecule has 0 aromatic heterocycles. The summed E-state index contributed by atoms with van der Waals surface area (Å²) in [7, 11) is 0. The monoisotopic (exact) mass is 224 g/mol. The van der Waals surface area contributed by atoms with Crippen molar-refractivity contribution in [2.24, 2.45) is 23.2 Å². The van der Waals surface area contributed by atoms with Gasteiger partial charge in [0.05, 0.1) is 12.7 Å². The molecular formula is C15H28O. The third-order valence-corrected chi connectivity index (χ3v) is 5.35. The highest BCUT2D eigenvalue weighted by molar-refractivity contribution is 4.94. The first kappa shape index (κ1) is 12.4. The first-order valence-electron chi connectivity index (χ1n) is 7.18. The van der Waals surface area contributed by atoms with Crippen molar-refractivity contribution in [3.63, 3.8) is 0 Å². The normalized spacial score (nSPS) is 34.1. The molecule has 0 N–H and O–H groups in total. The maximum absolute atomic E-state index is 6.22. The van der Waals surface area contributed by atoms with E-state index in [2.05, 4.69) is 27.7 Å². The van der Waals surface area contributed by atoms with Crippen LogP contribution in [0.25, 0.3) is 0 Å². The standard InChI is InChI=1S/C15H28O/c1-11(2)15(12(3)4)9-13-7-5-6-8-14(13)16-10-15/h11-14H,5-10H2,1-4H3. The van der Waals surface area contributed by atoms with Gasteiger partial charge in [0.15, 0.2) is 0 Å².